The van der Waals surface area contributed by atoms with Crippen molar-refractivity contribution in [3.63, 3.8) is 0 Å². The predicted octanol–water partition coefficient (Wildman–Crippen LogP) is 7.65. The van der Waals surface area contributed by atoms with Crippen LogP contribution >= 0.6 is 0 Å². The Balaban J connectivity index is 1.42. The van der Waals surface area contributed by atoms with Gasteiger partial charge in [-0.25, -0.2) is 0 Å². The second-order valence-electron chi connectivity index (χ2n) is 13.9. The fraction of sp³-hybridized carbons (Fsp3) is 0.444. The maximum atomic E-state index is 6.31. The Morgan fingerprint density at radius 2 is 0.907 bits per heavy atom. The summed E-state index contributed by atoms with van der Waals surface area (Å²) in [7, 11) is -0.792. The molecule has 0 aromatic heterocycles. The van der Waals surface area contributed by atoms with Crippen LogP contribution in [0.5, 0.6) is 0 Å². The molecule has 0 radical (unpaired) electrons. The van der Waals surface area contributed by atoms with Gasteiger partial charge in [0, 0.05) is 17.1 Å². The summed E-state index contributed by atoms with van der Waals surface area (Å²) in [5.74, 6) is 0. The first-order chi connectivity index (χ1) is 20.2. The number of hydrogen-bond acceptors (Lipinski definition) is 5. The van der Waals surface area contributed by atoms with E-state index in [2.05, 4.69) is 140 Å². The van der Waals surface area contributed by atoms with Gasteiger partial charge >= 0.3 is 14.2 Å². The second kappa shape index (κ2) is 11.9. The molecule has 5 rings (SSSR count). The summed E-state index contributed by atoms with van der Waals surface area (Å²) in [4.78, 5) is 2.28. The van der Waals surface area contributed by atoms with Gasteiger partial charge in [0.05, 0.1) is 22.4 Å². The third kappa shape index (κ3) is 6.51. The standard InChI is InChI=1S/C36H47B2NO4/c1-10-11-12-13-14-27-15-21-30(22-16-27)39(31-23-17-28(18-24-31)37-40-33(2,3)34(4,5)41-37)32-25-19-29(20-26-32)38-42-35(6,7)36(8,9)43-38/h10,15-26H,1,11-14H2,2-9H3. The van der Waals surface area contributed by atoms with Crippen molar-refractivity contribution < 1.29 is 18.6 Å². The summed E-state index contributed by atoms with van der Waals surface area (Å²) in [6.45, 7) is 20.5. The van der Waals surface area contributed by atoms with E-state index < -0.39 is 14.2 Å². The van der Waals surface area contributed by atoms with Crippen LogP contribution in [0.3, 0.4) is 0 Å². The number of unbranched alkanes of at least 4 members (excludes halogenated alkanes) is 2. The number of hydrogen-bond donors (Lipinski definition) is 0. The molecule has 3 aromatic rings. The van der Waals surface area contributed by atoms with E-state index in [0.29, 0.717) is 0 Å². The molecule has 2 saturated heterocycles. The minimum Gasteiger partial charge on any atom is -0.399 e. The van der Waals surface area contributed by atoms with Gasteiger partial charge in [-0.05, 0) is 134 Å². The highest BCUT2D eigenvalue weighted by atomic mass is 16.7. The first-order valence-electron chi connectivity index (χ1n) is 15.6. The largest absolute Gasteiger partial charge is 0.494 e. The van der Waals surface area contributed by atoms with Crippen molar-refractivity contribution in [3.05, 3.63) is 91.0 Å². The number of rotatable bonds is 10. The van der Waals surface area contributed by atoms with E-state index in [0.717, 1.165) is 47.3 Å². The number of nitrogens with zero attached hydrogens (tertiary/aromatic N) is 1. The topological polar surface area (TPSA) is 40.2 Å². The predicted molar refractivity (Wildman–Crippen MR) is 180 cm³/mol. The fourth-order valence-electron chi connectivity index (χ4n) is 5.40. The lowest BCUT2D eigenvalue weighted by molar-refractivity contribution is 0.00578. The van der Waals surface area contributed by atoms with Crippen LogP contribution in [0.15, 0.2) is 85.5 Å². The van der Waals surface area contributed by atoms with Crippen LogP contribution in [-0.2, 0) is 25.0 Å². The average molecular weight is 579 g/mol. The van der Waals surface area contributed by atoms with Crippen LogP contribution < -0.4 is 15.8 Å². The Bertz CT molecular complexity index is 1290. The van der Waals surface area contributed by atoms with E-state index in [-0.39, 0.29) is 22.4 Å². The van der Waals surface area contributed by atoms with Crippen molar-refractivity contribution in [1.82, 2.24) is 0 Å². The minimum absolute atomic E-state index is 0.380. The quantitative estimate of drug-likeness (QED) is 0.140. The van der Waals surface area contributed by atoms with Gasteiger partial charge < -0.3 is 23.5 Å². The first kappa shape index (κ1) is 31.6. The average Bonchev–Trinajstić information content (AvgIpc) is 3.32. The molecule has 0 N–H and O–H groups in total. The molecule has 0 spiro atoms. The minimum atomic E-state index is -0.396. The second-order valence-corrected chi connectivity index (χ2v) is 13.9. The van der Waals surface area contributed by atoms with E-state index in [1.54, 1.807) is 0 Å². The fourth-order valence-corrected chi connectivity index (χ4v) is 5.40. The zero-order valence-corrected chi connectivity index (χ0v) is 27.3. The summed E-state index contributed by atoms with van der Waals surface area (Å²) < 4.78 is 25.2. The normalized spacial score (nSPS) is 19.9. The van der Waals surface area contributed by atoms with E-state index in [9.17, 15) is 0 Å². The Morgan fingerprint density at radius 1 is 0.558 bits per heavy atom. The van der Waals surface area contributed by atoms with Gasteiger partial charge in [-0.15, -0.1) is 6.58 Å². The Labute approximate surface area is 259 Å². The highest BCUT2D eigenvalue weighted by Gasteiger charge is 2.52. The van der Waals surface area contributed by atoms with Crippen LogP contribution in [0.1, 0.15) is 80.2 Å². The highest BCUT2D eigenvalue weighted by Crippen LogP contribution is 2.39. The van der Waals surface area contributed by atoms with Gasteiger partial charge in [-0.3, -0.25) is 0 Å². The van der Waals surface area contributed by atoms with Crippen molar-refractivity contribution in [3.8, 4) is 0 Å². The van der Waals surface area contributed by atoms with Crippen LogP contribution in [0.2, 0.25) is 0 Å². The van der Waals surface area contributed by atoms with Crippen LogP contribution in [0.25, 0.3) is 0 Å². The highest BCUT2D eigenvalue weighted by molar-refractivity contribution is 6.62. The third-order valence-corrected chi connectivity index (χ3v) is 9.67. The SMILES string of the molecule is C=CCCCCc1ccc(N(c2ccc(B3OC(C)(C)C(C)(C)O3)cc2)c2ccc(B3OC(C)(C)C(C)(C)O3)cc2)cc1. The van der Waals surface area contributed by atoms with E-state index in [1.165, 1.54) is 12.0 Å². The smallest absolute Gasteiger partial charge is 0.399 e. The van der Waals surface area contributed by atoms with Gasteiger partial charge in [-0.1, -0.05) is 42.5 Å². The summed E-state index contributed by atoms with van der Waals surface area (Å²) >= 11 is 0. The molecule has 0 bridgehead atoms. The maximum Gasteiger partial charge on any atom is 0.494 e. The molecule has 2 heterocycles. The molecule has 43 heavy (non-hydrogen) atoms. The first-order valence-corrected chi connectivity index (χ1v) is 15.6. The van der Waals surface area contributed by atoms with Crippen LogP contribution in [0, 0.1) is 0 Å². The van der Waals surface area contributed by atoms with Gasteiger partial charge in [0.25, 0.3) is 0 Å². The van der Waals surface area contributed by atoms with Crippen molar-refractivity contribution in [1.29, 1.82) is 0 Å². The lowest BCUT2D eigenvalue weighted by Crippen LogP contribution is -2.41. The Kier molecular flexibility index (Phi) is 8.76. The molecule has 2 aliphatic rings. The molecule has 0 aliphatic carbocycles. The summed E-state index contributed by atoms with van der Waals surface area (Å²) in [5.41, 5.74) is 5.06. The molecule has 5 nitrogen and oxygen atoms in total. The lowest BCUT2D eigenvalue weighted by atomic mass is 9.79. The molecular formula is C36H47B2NO4. The molecule has 2 aliphatic heterocycles. The number of anilines is 3. The summed E-state index contributed by atoms with van der Waals surface area (Å²) in [5, 5.41) is 0. The molecular weight excluding hydrogens is 532 g/mol. The zero-order chi connectivity index (χ0) is 31.0. The molecule has 0 saturated carbocycles. The number of aryl methyl sites for hydroxylation is 1. The van der Waals surface area contributed by atoms with E-state index in [4.69, 9.17) is 18.6 Å². The summed E-state index contributed by atoms with van der Waals surface area (Å²) in [6.07, 6.45) is 6.46. The van der Waals surface area contributed by atoms with Crippen molar-refractivity contribution in [2.75, 3.05) is 4.90 Å². The Morgan fingerprint density at radius 3 is 1.26 bits per heavy atom. The number of benzene rings is 3. The molecule has 3 aromatic carbocycles. The zero-order valence-electron chi connectivity index (χ0n) is 27.3. The van der Waals surface area contributed by atoms with Crippen LogP contribution in [0.4, 0.5) is 17.1 Å². The molecule has 0 atom stereocenters. The Hall–Kier alpha value is -2.83. The van der Waals surface area contributed by atoms with Crippen molar-refractivity contribution >= 4 is 42.2 Å². The summed E-state index contributed by atoms with van der Waals surface area (Å²) in [6, 6.07) is 25.9. The van der Waals surface area contributed by atoms with E-state index >= 15 is 0 Å². The third-order valence-electron chi connectivity index (χ3n) is 9.67. The van der Waals surface area contributed by atoms with Gasteiger partial charge in [-0.2, -0.15) is 0 Å². The molecule has 7 heteroatoms. The molecule has 0 amide bonds. The van der Waals surface area contributed by atoms with Crippen molar-refractivity contribution in [2.24, 2.45) is 0 Å². The molecule has 0 unspecified atom stereocenters. The van der Waals surface area contributed by atoms with Gasteiger partial charge in [0.1, 0.15) is 0 Å². The van der Waals surface area contributed by atoms with Crippen LogP contribution in [-0.4, -0.2) is 36.6 Å². The molecule has 226 valence electrons. The molecule has 2 fully saturated rings. The lowest BCUT2D eigenvalue weighted by Gasteiger charge is -2.32. The van der Waals surface area contributed by atoms with E-state index in [1.807, 2.05) is 6.08 Å². The van der Waals surface area contributed by atoms with Crippen molar-refractivity contribution in [2.45, 2.75) is 103 Å². The maximum absolute atomic E-state index is 6.31. The van der Waals surface area contributed by atoms with Gasteiger partial charge in [0.15, 0.2) is 0 Å². The monoisotopic (exact) mass is 579 g/mol. The van der Waals surface area contributed by atoms with Gasteiger partial charge in [0.2, 0.25) is 0 Å². The number of allylic oxidation sites excluding steroid dienone is 1.